The van der Waals surface area contributed by atoms with Crippen LogP contribution in [0.15, 0.2) is 18.2 Å². The number of fused-ring (bicyclic) bond motifs is 1. The highest BCUT2D eigenvalue weighted by Gasteiger charge is 2.31. The molecule has 3 nitrogen and oxygen atoms in total. The van der Waals surface area contributed by atoms with Crippen LogP contribution in [-0.2, 0) is 17.7 Å². The molecule has 1 N–H and O–H groups in total. The fourth-order valence-electron chi connectivity index (χ4n) is 3.20. The Morgan fingerprint density at radius 3 is 3.00 bits per heavy atom. The maximum absolute atomic E-state index is 6.12. The minimum Gasteiger partial charge on any atom is -0.487 e. The summed E-state index contributed by atoms with van der Waals surface area (Å²) >= 11 is 0. The summed E-state index contributed by atoms with van der Waals surface area (Å²) in [4.78, 5) is 0. The Bertz CT molecular complexity index is 478. The smallest absolute Gasteiger partial charge is 0.127 e. The molecule has 0 aromatic heterocycles. The Kier molecular flexibility index (Phi) is 3.74. The zero-order valence-electron chi connectivity index (χ0n) is 12.7. The summed E-state index contributed by atoms with van der Waals surface area (Å²) in [5.41, 5.74) is 2.55. The lowest BCUT2D eigenvalue weighted by Gasteiger charge is -2.21. The van der Waals surface area contributed by atoms with E-state index in [1.807, 2.05) is 0 Å². The summed E-state index contributed by atoms with van der Waals surface area (Å²) in [6.07, 6.45) is 2.17. The number of hydrogen-bond acceptors (Lipinski definition) is 3. The van der Waals surface area contributed by atoms with Crippen LogP contribution in [0.5, 0.6) is 5.75 Å². The molecule has 2 unspecified atom stereocenters. The number of para-hydroxylation sites is 1. The largest absolute Gasteiger partial charge is 0.487 e. The fraction of sp³-hybridized carbons (Fsp3) is 0.647. The number of nitrogens with one attached hydrogen (secondary N) is 1. The predicted octanol–water partition coefficient (Wildman–Crippen LogP) is 2.91. The van der Waals surface area contributed by atoms with Gasteiger partial charge in [0.05, 0.1) is 6.61 Å². The predicted molar refractivity (Wildman–Crippen MR) is 80.1 cm³/mol. The highest BCUT2D eigenvalue weighted by Crippen LogP contribution is 2.37. The van der Waals surface area contributed by atoms with Crippen LogP contribution in [-0.4, -0.2) is 24.9 Å². The fourth-order valence-corrected chi connectivity index (χ4v) is 3.20. The highest BCUT2D eigenvalue weighted by molar-refractivity contribution is 5.45. The second-order valence-corrected chi connectivity index (χ2v) is 6.74. The Hall–Kier alpha value is -1.06. The molecule has 1 saturated heterocycles. The second kappa shape index (κ2) is 5.38. The van der Waals surface area contributed by atoms with Gasteiger partial charge in [0.2, 0.25) is 0 Å². The van der Waals surface area contributed by atoms with E-state index in [0.717, 1.165) is 31.9 Å². The summed E-state index contributed by atoms with van der Waals surface area (Å²) in [5.74, 6) is 1.74. The van der Waals surface area contributed by atoms with E-state index in [0.29, 0.717) is 12.0 Å². The van der Waals surface area contributed by atoms with Gasteiger partial charge in [-0.05, 0) is 38.7 Å². The van der Waals surface area contributed by atoms with Gasteiger partial charge in [-0.1, -0.05) is 18.2 Å². The van der Waals surface area contributed by atoms with Gasteiger partial charge >= 0.3 is 0 Å². The van der Waals surface area contributed by atoms with Crippen LogP contribution < -0.4 is 10.1 Å². The molecule has 1 aromatic rings. The first-order chi connectivity index (χ1) is 9.55. The van der Waals surface area contributed by atoms with E-state index in [-0.39, 0.29) is 5.60 Å². The van der Waals surface area contributed by atoms with Crippen molar-refractivity contribution in [3.8, 4) is 5.75 Å². The van der Waals surface area contributed by atoms with Crippen molar-refractivity contribution in [3.63, 3.8) is 0 Å². The topological polar surface area (TPSA) is 30.5 Å². The molecule has 2 aliphatic rings. The van der Waals surface area contributed by atoms with Crippen molar-refractivity contribution in [1.82, 2.24) is 5.32 Å². The average Bonchev–Trinajstić information content (AvgIpc) is 3.01. The van der Waals surface area contributed by atoms with Gasteiger partial charge in [0.15, 0.2) is 0 Å². The minimum absolute atomic E-state index is 0.0661. The van der Waals surface area contributed by atoms with Gasteiger partial charge in [0, 0.05) is 31.2 Å². The molecule has 3 rings (SSSR count). The van der Waals surface area contributed by atoms with Crippen molar-refractivity contribution in [2.24, 2.45) is 5.92 Å². The minimum atomic E-state index is -0.0661. The molecular weight excluding hydrogens is 250 g/mol. The quantitative estimate of drug-likeness (QED) is 0.916. The first-order valence-corrected chi connectivity index (χ1v) is 7.66. The second-order valence-electron chi connectivity index (χ2n) is 6.74. The van der Waals surface area contributed by atoms with Crippen LogP contribution in [0.2, 0.25) is 0 Å². The van der Waals surface area contributed by atoms with Gasteiger partial charge in [-0.2, -0.15) is 0 Å². The van der Waals surface area contributed by atoms with E-state index in [1.54, 1.807) is 0 Å². The lowest BCUT2D eigenvalue weighted by atomic mass is 9.99. The maximum Gasteiger partial charge on any atom is 0.127 e. The van der Waals surface area contributed by atoms with Crippen molar-refractivity contribution >= 4 is 0 Å². The van der Waals surface area contributed by atoms with Crippen molar-refractivity contribution in [2.75, 3.05) is 13.2 Å². The molecule has 1 aromatic carbocycles. The molecule has 20 heavy (non-hydrogen) atoms. The molecule has 0 saturated carbocycles. The number of hydrogen-bond donors (Lipinski definition) is 1. The summed E-state index contributed by atoms with van der Waals surface area (Å²) in [6, 6.07) is 6.99. The third-order valence-corrected chi connectivity index (χ3v) is 4.46. The van der Waals surface area contributed by atoms with Crippen LogP contribution in [0.25, 0.3) is 0 Å². The molecule has 0 radical (unpaired) electrons. The number of benzene rings is 1. The van der Waals surface area contributed by atoms with Crippen molar-refractivity contribution in [3.05, 3.63) is 29.3 Å². The van der Waals surface area contributed by atoms with Gasteiger partial charge in [-0.3, -0.25) is 0 Å². The molecule has 3 heteroatoms. The van der Waals surface area contributed by atoms with Crippen LogP contribution in [0.1, 0.15) is 38.3 Å². The van der Waals surface area contributed by atoms with Crippen molar-refractivity contribution in [2.45, 2.75) is 51.8 Å². The van der Waals surface area contributed by atoms with Crippen LogP contribution in [0.3, 0.4) is 0 Å². The molecular formula is C17H25NO2. The monoisotopic (exact) mass is 275 g/mol. The standard InChI is InChI=1S/C17H25NO2/c1-12(15-7-8-19-11-15)18-10-14-6-4-5-13-9-17(2,3)20-16(13)14/h4-6,12,15,18H,7-11H2,1-3H3. The number of rotatable bonds is 4. The van der Waals surface area contributed by atoms with E-state index in [4.69, 9.17) is 9.47 Å². The van der Waals surface area contributed by atoms with E-state index in [1.165, 1.54) is 17.5 Å². The van der Waals surface area contributed by atoms with E-state index in [2.05, 4.69) is 44.3 Å². The Morgan fingerprint density at radius 1 is 1.40 bits per heavy atom. The SMILES string of the molecule is CC(NCc1cccc2c1OC(C)(C)C2)C1CCOC1. The van der Waals surface area contributed by atoms with Crippen LogP contribution >= 0.6 is 0 Å². The van der Waals surface area contributed by atoms with Gasteiger partial charge < -0.3 is 14.8 Å². The zero-order valence-corrected chi connectivity index (χ0v) is 12.7. The molecule has 2 atom stereocenters. The van der Waals surface area contributed by atoms with Gasteiger partial charge in [0.25, 0.3) is 0 Å². The van der Waals surface area contributed by atoms with E-state index < -0.39 is 0 Å². The Labute approximate surface area is 121 Å². The maximum atomic E-state index is 6.12. The molecule has 2 heterocycles. The van der Waals surface area contributed by atoms with Gasteiger partial charge in [0.1, 0.15) is 11.4 Å². The van der Waals surface area contributed by atoms with Crippen LogP contribution in [0.4, 0.5) is 0 Å². The van der Waals surface area contributed by atoms with Crippen molar-refractivity contribution in [1.29, 1.82) is 0 Å². The summed E-state index contributed by atoms with van der Waals surface area (Å²) in [6.45, 7) is 9.24. The van der Waals surface area contributed by atoms with Crippen molar-refractivity contribution < 1.29 is 9.47 Å². The summed E-state index contributed by atoms with van der Waals surface area (Å²) in [5, 5.41) is 3.64. The normalized spacial score (nSPS) is 25.2. The van der Waals surface area contributed by atoms with Gasteiger partial charge in [-0.15, -0.1) is 0 Å². The highest BCUT2D eigenvalue weighted by atomic mass is 16.5. The first-order valence-electron chi connectivity index (χ1n) is 7.66. The number of ether oxygens (including phenoxy) is 2. The van der Waals surface area contributed by atoms with Gasteiger partial charge in [-0.25, -0.2) is 0 Å². The molecule has 110 valence electrons. The van der Waals surface area contributed by atoms with E-state index >= 15 is 0 Å². The molecule has 1 fully saturated rings. The molecule has 0 amide bonds. The Morgan fingerprint density at radius 2 is 2.25 bits per heavy atom. The summed E-state index contributed by atoms with van der Waals surface area (Å²) < 4.78 is 11.6. The third-order valence-electron chi connectivity index (χ3n) is 4.46. The Balaban J connectivity index is 1.65. The molecule has 0 aliphatic carbocycles. The molecule has 0 bridgehead atoms. The molecule has 0 spiro atoms. The average molecular weight is 275 g/mol. The third kappa shape index (κ3) is 2.84. The van der Waals surface area contributed by atoms with Crippen LogP contribution in [0, 0.1) is 5.92 Å². The lowest BCUT2D eigenvalue weighted by molar-refractivity contribution is 0.137. The molecule has 2 aliphatic heterocycles. The first kappa shape index (κ1) is 13.9. The van der Waals surface area contributed by atoms with E-state index in [9.17, 15) is 0 Å². The lowest BCUT2D eigenvalue weighted by Crippen LogP contribution is -2.33. The zero-order chi connectivity index (χ0) is 14.2. The summed E-state index contributed by atoms with van der Waals surface area (Å²) in [7, 11) is 0.